The maximum absolute atomic E-state index is 13.8. The van der Waals surface area contributed by atoms with Crippen molar-refractivity contribution in [2.24, 2.45) is 5.92 Å². The third-order valence-corrected chi connectivity index (χ3v) is 6.41. The summed E-state index contributed by atoms with van der Waals surface area (Å²) >= 11 is 0. The lowest BCUT2D eigenvalue weighted by Gasteiger charge is -2.35. The first-order valence-corrected chi connectivity index (χ1v) is 9.18. The first-order chi connectivity index (χ1) is 10.9. The van der Waals surface area contributed by atoms with Crippen LogP contribution >= 0.6 is 0 Å². The molecule has 1 saturated carbocycles. The van der Waals surface area contributed by atoms with Crippen LogP contribution in [0, 0.1) is 17.6 Å². The van der Waals surface area contributed by atoms with Crippen molar-refractivity contribution in [3.8, 4) is 0 Å². The highest BCUT2D eigenvalue weighted by atomic mass is 32.2. The topological polar surface area (TPSA) is 60.9 Å². The number of rotatable bonds is 5. The molecule has 128 valence electrons. The van der Waals surface area contributed by atoms with E-state index in [0.717, 1.165) is 35.3 Å². The number of hydrogen-bond donors (Lipinski definition) is 1. The van der Waals surface area contributed by atoms with E-state index in [2.05, 4.69) is 0 Å². The number of aliphatic hydroxyl groups is 1. The number of piperazine rings is 1. The molecule has 1 atom stereocenters. The third-order valence-electron chi connectivity index (χ3n) is 4.46. The molecule has 0 radical (unpaired) electrons. The van der Waals surface area contributed by atoms with Gasteiger partial charge in [-0.05, 0) is 30.9 Å². The third kappa shape index (κ3) is 3.55. The zero-order chi connectivity index (χ0) is 16.6. The van der Waals surface area contributed by atoms with Gasteiger partial charge in [0.1, 0.15) is 11.6 Å². The monoisotopic (exact) mass is 346 g/mol. The second kappa shape index (κ2) is 6.43. The van der Waals surface area contributed by atoms with Crippen molar-refractivity contribution < 1.29 is 22.3 Å². The normalized spacial score (nSPS) is 22.2. The SMILES string of the molecule is O=S(=O)(c1c(F)cccc1F)N1CCN(CC(O)C2CC2)CC1. The lowest BCUT2D eigenvalue weighted by Crippen LogP contribution is -2.50. The van der Waals surface area contributed by atoms with E-state index in [4.69, 9.17) is 0 Å². The number of hydrogen-bond acceptors (Lipinski definition) is 4. The molecule has 1 aliphatic heterocycles. The van der Waals surface area contributed by atoms with E-state index >= 15 is 0 Å². The standard InChI is InChI=1S/C15H20F2N2O3S/c16-12-2-1-3-13(17)15(12)23(21,22)19-8-6-18(7-9-19)10-14(20)11-4-5-11/h1-3,11,14,20H,4-10H2. The molecule has 23 heavy (non-hydrogen) atoms. The fourth-order valence-corrected chi connectivity index (χ4v) is 4.44. The molecule has 2 fully saturated rings. The average molecular weight is 346 g/mol. The minimum Gasteiger partial charge on any atom is -0.392 e. The predicted octanol–water partition coefficient (Wildman–Crippen LogP) is 1.04. The van der Waals surface area contributed by atoms with Crippen LogP contribution in [0.3, 0.4) is 0 Å². The molecule has 3 rings (SSSR count). The summed E-state index contributed by atoms with van der Waals surface area (Å²) in [5.41, 5.74) is 0. The van der Waals surface area contributed by atoms with Crippen LogP contribution in [0.4, 0.5) is 8.78 Å². The molecule has 1 unspecified atom stereocenters. The van der Waals surface area contributed by atoms with E-state index in [-0.39, 0.29) is 19.2 Å². The van der Waals surface area contributed by atoms with Gasteiger partial charge >= 0.3 is 0 Å². The Morgan fingerprint density at radius 2 is 1.70 bits per heavy atom. The zero-order valence-corrected chi connectivity index (χ0v) is 13.5. The van der Waals surface area contributed by atoms with Crippen molar-refractivity contribution in [2.45, 2.75) is 23.8 Å². The van der Waals surface area contributed by atoms with Gasteiger partial charge in [-0.3, -0.25) is 4.90 Å². The summed E-state index contributed by atoms with van der Waals surface area (Å²) in [4.78, 5) is 1.11. The highest BCUT2D eigenvalue weighted by molar-refractivity contribution is 7.89. The quantitative estimate of drug-likeness (QED) is 0.866. The van der Waals surface area contributed by atoms with E-state index in [1.54, 1.807) is 0 Å². The lowest BCUT2D eigenvalue weighted by atomic mass is 10.2. The Labute approximate surface area is 134 Å². The maximum atomic E-state index is 13.8. The van der Waals surface area contributed by atoms with Gasteiger partial charge in [0.05, 0.1) is 6.10 Å². The van der Waals surface area contributed by atoms with Crippen LogP contribution in [0.5, 0.6) is 0 Å². The largest absolute Gasteiger partial charge is 0.392 e. The predicted molar refractivity (Wildman–Crippen MR) is 80.3 cm³/mol. The van der Waals surface area contributed by atoms with Crippen molar-refractivity contribution in [2.75, 3.05) is 32.7 Å². The molecule has 1 aromatic carbocycles. The number of aliphatic hydroxyl groups excluding tert-OH is 1. The van der Waals surface area contributed by atoms with Crippen molar-refractivity contribution >= 4 is 10.0 Å². The van der Waals surface area contributed by atoms with Gasteiger partial charge < -0.3 is 5.11 Å². The van der Waals surface area contributed by atoms with Crippen LogP contribution < -0.4 is 0 Å². The fourth-order valence-electron chi connectivity index (χ4n) is 2.91. The number of β-amino-alcohol motifs (C(OH)–C–C–N with tert-alkyl or cyclic N) is 1. The van der Waals surface area contributed by atoms with Gasteiger partial charge in [-0.2, -0.15) is 4.31 Å². The van der Waals surface area contributed by atoms with Crippen LogP contribution in [0.15, 0.2) is 23.1 Å². The molecule has 1 N–H and O–H groups in total. The summed E-state index contributed by atoms with van der Waals surface area (Å²) in [7, 11) is -4.19. The van der Waals surface area contributed by atoms with Gasteiger partial charge in [0.25, 0.3) is 0 Å². The minimum atomic E-state index is -4.19. The highest BCUT2D eigenvalue weighted by Gasteiger charge is 2.35. The van der Waals surface area contributed by atoms with Gasteiger partial charge in [-0.15, -0.1) is 0 Å². The second-order valence-electron chi connectivity index (χ2n) is 6.16. The molecule has 0 amide bonds. The van der Waals surface area contributed by atoms with Crippen LogP contribution in [0.2, 0.25) is 0 Å². The molecule has 1 heterocycles. The Balaban J connectivity index is 1.66. The van der Waals surface area contributed by atoms with E-state index in [0.29, 0.717) is 25.6 Å². The number of nitrogens with zero attached hydrogens (tertiary/aromatic N) is 2. The lowest BCUT2D eigenvalue weighted by molar-refractivity contribution is 0.0781. The van der Waals surface area contributed by atoms with Crippen molar-refractivity contribution in [3.63, 3.8) is 0 Å². The van der Waals surface area contributed by atoms with Gasteiger partial charge in [-0.25, -0.2) is 17.2 Å². The van der Waals surface area contributed by atoms with Crippen LogP contribution in [-0.2, 0) is 10.0 Å². The molecular weight excluding hydrogens is 326 g/mol. The zero-order valence-electron chi connectivity index (χ0n) is 12.7. The van der Waals surface area contributed by atoms with Crippen LogP contribution in [0.25, 0.3) is 0 Å². The average Bonchev–Trinajstić information content (AvgIpc) is 3.32. The maximum Gasteiger partial charge on any atom is 0.249 e. The summed E-state index contributed by atoms with van der Waals surface area (Å²) in [6.07, 6.45) is 1.71. The molecule has 0 aromatic heterocycles. The highest BCUT2D eigenvalue weighted by Crippen LogP contribution is 2.33. The molecule has 1 aromatic rings. The summed E-state index contributed by atoms with van der Waals surface area (Å²) in [6, 6.07) is 3.03. The molecule has 5 nitrogen and oxygen atoms in total. The van der Waals surface area contributed by atoms with E-state index in [9.17, 15) is 22.3 Å². The first kappa shape index (κ1) is 16.8. The molecule has 0 spiro atoms. The Kier molecular flexibility index (Phi) is 4.68. The smallest absolute Gasteiger partial charge is 0.249 e. The van der Waals surface area contributed by atoms with Gasteiger partial charge in [-0.1, -0.05) is 6.07 Å². The van der Waals surface area contributed by atoms with Crippen molar-refractivity contribution in [1.82, 2.24) is 9.21 Å². The van der Waals surface area contributed by atoms with E-state index < -0.39 is 26.6 Å². The number of sulfonamides is 1. The van der Waals surface area contributed by atoms with Crippen molar-refractivity contribution in [3.05, 3.63) is 29.8 Å². The van der Waals surface area contributed by atoms with Crippen LogP contribution in [-0.4, -0.2) is 61.6 Å². The minimum absolute atomic E-state index is 0.160. The molecule has 1 saturated heterocycles. The van der Waals surface area contributed by atoms with Crippen molar-refractivity contribution in [1.29, 1.82) is 0 Å². The molecule has 1 aliphatic carbocycles. The first-order valence-electron chi connectivity index (χ1n) is 7.74. The van der Waals surface area contributed by atoms with E-state index in [1.807, 2.05) is 4.90 Å². The van der Waals surface area contributed by atoms with E-state index in [1.165, 1.54) is 0 Å². The van der Waals surface area contributed by atoms with Gasteiger partial charge in [0, 0.05) is 32.7 Å². The Morgan fingerprint density at radius 3 is 2.22 bits per heavy atom. The van der Waals surface area contributed by atoms with Crippen LogP contribution in [0.1, 0.15) is 12.8 Å². The van der Waals surface area contributed by atoms with Gasteiger partial charge in [0.15, 0.2) is 4.90 Å². The Morgan fingerprint density at radius 1 is 1.13 bits per heavy atom. The molecule has 2 aliphatic rings. The summed E-state index contributed by atoms with van der Waals surface area (Å²) < 4.78 is 53.5. The summed E-state index contributed by atoms with van der Waals surface area (Å²) in [6.45, 7) is 1.73. The summed E-state index contributed by atoms with van der Waals surface area (Å²) in [5, 5.41) is 9.95. The second-order valence-corrected chi connectivity index (χ2v) is 8.04. The summed E-state index contributed by atoms with van der Waals surface area (Å²) in [5.74, 6) is -1.78. The molecule has 8 heteroatoms. The number of benzene rings is 1. The Hall–Kier alpha value is -1.09. The molecule has 0 bridgehead atoms. The fraction of sp³-hybridized carbons (Fsp3) is 0.600. The van der Waals surface area contributed by atoms with Gasteiger partial charge in [0.2, 0.25) is 10.0 Å². The molecular formula is C15H20F2N2O3S. The Bertz CT molecular complexity index is 651. The number of halogens is 2.